The number of urea groups is 1. The Kier molecular flexibility index (Phi) is 6.65. The van der Waals surface area contributed by atoms with Crippen LogP contribution < -0.4 is 16.1 Å². The molecule has 1 fully saturated rings. The fraction of sp³-hybridized carbons (Fsp3) is 0.214. The third-order valence-corrected chi connectivity index (χ3v) is 6.66. The van der Waals surface area contributed by atoms with E-state index >= 15 is 0 Å². The highest BCUT2D eigenvalue weighted by molar-refractivity contribution is 6.26. The van der Waals surface area contributed by atoms with Gasteiger partial charge in [0.25, 0.3) is 0 Å². The molecule has 2 aliphatic rings. The number of carbonyl (C=O) groups excluding carboxylic acids is 2. The lowest BCUT2D eigenvalue weighted by atomic mass is 10.0. The number of aromatic amines is 1. The van der Waals surface area contributed by atoms with Crippen molar-refractivity contribution in [3.63, 3.8) is 0 Å². The third-order valence-electron chi connectivity index (χ3n) is 6.66. The number of hydrazine groups is 1. The number of anilines is 1. The number of nitrogens with one attached hydrogen (secondary N) is 4. The topological polar surface area (TPSA) is 124 Å². The molecule has 38 heavy (non-hydrogen) atoms. The van der Waals surface area contributed by atoms with Crippen molar-refractivity contribution in [1.29, 1.82) is 0 Å². The molecule has 1 aliphatic heterocycles. The highest BCUT2D eigenvalue weighted by Gasteiger charge is 2.35. The van der Waals surface area contributed by atoms with Gasteiger partial charge < -0.3 is 15.4 Å². The van der Waals surface area contributed by atoms with E-state index in [4.69, 9.17) is 4.74 Å². The number of hydrogen-bond donors (Lipinski definition) is 4. The van der Waals surface area contributed by atoms with Crippen LogP contribution in [0, 0.1) is 0 Å². The molecule has 1 aliphatic carbocycles. The Balaban J connectivity index is 1.16. The molecule has 10 heteroatoms. The molecule has 0 atom stereocenters. The van der Waals surface area contributed by atoms with Gasteiger partial charge in [0.15, 0.2) is 5.78 Å². The molecule has 2 aromatic heterocycles. The fourth-order valence-electron chi connectivity index (χ4n) is 4.79. The fourth-order valence-corrected chi connectivity index (χ4v) is 4.79. The predicted molar refractivity (Wildman–Crippen MR) is 142 cm³/mol. The minimum atomic E-state index is -0.394. The molecule has 10 nitrogen and oxygen atoms in total. The Morgan fingerprint density at radius 2 is 1.82 bits per heavy atom. The molecular weight excluding hydrogens is 482 g/mol. The summed E-state index contributed by atoms with van der Waals surface area (Å²) in [5, 5.41) is 15.5. The minimum absolute atomic E-state index is 0.165. The maximum absolute atomic E-state index is 13.6. The maximum Gasteiger partial charge on any atom is 0.333 e. The van der Waals surface area contributed by atoms with Crippen molar-refractivity contribution in [2.45, 2.75) is 13.1 Å². The molecular formula is C28H27N7O3. The Labute approximate surface area is 219 Å². The van der Waals surface area contributed by atoms with Crippen LogP contribution in [-0.4, -0.2) is 58.3 Å². The molecule has 4 N–H and O–H groups in total. The lowest BCUT2D eigenvalue weighted by Crippen LogP contribution is -2.49. The van der Waals surface area contributed by atoms with Gasteiger partial charge in [0.05, 0.1) is 41.4 Å². The van der Waals surface area contributed by atoms with Gasteiger partial charge in [-0.25, -0.2) is 9.80 Å². The summed E-state index contributed by atoms with van der Waals surface area (Å²) in [6.07, 6.45) is 1.78. The number of hydrogen-bond acceptors (Lipinski definition) is 7. The van der Waals surface area contributed by atoms with Gasteiger partial charge in [-0.2, -0.15) is 5.10 Å². The van der Waals surface area contributed by atoms with E-state index in [0.717, 1.165) is 22.4 Å². The zero-order chi connectivity index (χ0) is 25.9. The Morgan fingerprint density at radius 1 is 0.974 bits per heavy atom. The van der Waals surface area contributed by atoms with E-state index in [1.54, 1.807) is 17.3 Å². The molecule has 3 heterocycles. The number of ether oxygens (including phenoxy) is 1. The van der Waals surface area contributed by atoms with Gasteiger partial charge in [0, 0.05) is 43.5 Å². The van der Waals surface area contributed by atoms with Gasteiger partial charge in [-0.15, -0.1) is 0 Å². The second-order valence-corrected chi connectivity index (χ2v) is 9.17. The quantitative estimate of drug-likeness (QED) is 0.265. The normalized spacial score (nSPS) is 14.7. The van der Waals surface area contributed by atoms with Gasteiger partial charge in [-0.3, -0.25) is 20.3 Å². The minimum Gasteiger partial charge on any atom is -0.379 e. The number of carbonyl (C=O) groups is 2. The van der Waals surface area contributed by atoms with E-state index in [0.29, 0.717) is 67.6 Å². The standard InChI is InChI=1S/C28H27N7O3/c36-27-23-21(5-3-6-22(23)31-28(37)34-35-12-14-38-15-13-35)26-24(27)25(32-33-26)19-9-7-18(8-10-19)16-29-17-20-4-1-2-11-30-20/h1-11,29H,12-17H2,(H,32,33)(H2,31,34,37). The maximum atomic E-state index is 13.6. The third kappa shape index (κ3) is 4.80. The van der Waals surface area contributed by atoms with Crippen molar-refractivity contribution in [1.82, 2.24) is 30.9 Å². The number of pyridine rings is 1. The molecule has 2 aromatic carbocycles. The summed E-state index contributed by atoms with van der Waals surface area (Å²) in [5.74, 6) is -0.165. The molecule has 0 saturated carbocycles. The summed E-state index contributed by atoms with van der Waals surface area (Å²) < 4.78 is 5.32. The first-order chi connectivity index (χ1) is 18.7. The van der Waals surface area contributed by atoms with Crippen LogP contribution in [0.5, 0.6) is 0 Å². The molecule has 0 bridgehead atoms. The molecule has 2 amide bonds. The highest BCUT2D eigenvalue weighted by atomic mass is 16.5. The van der Waals surface area contributed by atoms with Crippen molar-refractivity contribution in [3.8, 4) is 22.5 Å². The summed E-state index contributed by atoms with van der Waals surface area (Å²) in [6.45, 7) is 3.72. The van der Waals surface area contributed by atoms with E-state index < -0.39 is 6.03 Å². The summed E-state index contributed by atoms with van der Waals surface area (Å²) in [5.41, 5.74) is 9.19. The summed E-state index contributed by atoms with van der Waals surface area (Å²) >= 11 is 0. The van der Waals surface area contributed by atoms with Crippen LogP contribution in [0.2, 0.25) is 0 Å². The monoisotopic (exact) mass is 509 g/mol. The van der Waals surface area contributed by atoms with Crippen molar-refractivity contribution >= 4 is 17.5 Å². The van der Waals surface area contributed by atoms with E-state index in [1.165, 1.54) is 0 Å². The number of aromatic nitrogens is 3. The van der Waals surface area contributed by atoms with Crippen LogP contribution >= 0.6 is 0 Å². The van der Waals surface area contributed by atoms with Gasteiger partial charge in [0.2, 0.25) is 0 Å². The summed E-state index contributed by atoms with van der Waals surface area (Å²) in [4.78, 5) is 30.6. The van der Waals surface area contributed by atoms with Gasteiger partial charge in [-0.05, 0) is 23.8 Å². The van der Waals surface area contributed by atoms with Crippen LogP contribution in [0.25, 0.3) is 22.5 Å². The van der Waals surface area contributed by atoms with Gasteiger partial charge in [-0.1, -0.05) is 42.5 Å². The Morgan fingerprint density at radius 3 is 2.61 bits per heavy atom. The number of benzene rings is 2. The van der Waals surface area contributed by atoms with Gasteiger partial charge >= 0.3 is 6.03 Å². The average Bonchev–Trinajstić information content (AvgIpc) is 3.50. The number of amides is 2. The van der Waals surface area contributed by atoms with Crippen LogP contribution in [0.4, 0.5) is 10.5 Å². The molecule has 0 radical (unpaired) electrons. The van der Waals surface area contributed by atoms with E-state index in [2.05, 4.69) is 31.2 Å². The van der Waals surface area contributed by atoms with Crippen LogP contribution in [-0.2, 0) is 17.8 Å². The van der Waals surface area contributed by atoms with Crippen molar-refractivity contribution < 1.29 is 14.3 Å². The second kappa shape index (κ2) is 10.5. The highest BCUT2D eigenvalue weighted by Crippen LogP contribution is 2.42. The van der Waals surface area contributed by atoms with E-state index in [9.17, 15) is 9.59 Å². The van der Waals surface area contributed by atoms with Crippen molar-refractivity contribution in [2.24, 2.45) is 0 Å². The van der Waals surface area contributed by atoms with Crippen LogP contribution in [0.3, 0.4) is 0 Å². The second-order valence-electron chi connectivity index (χ2n) is 9.17. The van der Waals surface area contributed by atoms with Crippen molar-refractivity contribution in [3.05, 3.63) is 89.2 Å². The first-order valence-corrected chi connectivity index (χ1v) is 12.5. The number of fused-ring (bicyclic) bond motifs is 3. The first-order valence-electron chi connectivity index (χ1n) is 12.5. The Bertz CT molecular complexity index is 1460. The first kappa shape index (κ1) is 24.0. The number of morpholine rings is 1. The summed E-state index contributed by atoms with van der Waals surface area (Å²) in [7, 11) is 0. The average molecular weight is 510 g/mol. The molecule has 1 saturated heterocycles. The number of ketones is 1. The Hall–Kier alpha value is -4.38. The molecule has 0 unspecified atom stereocenters. The SMILES string of the molecule is O=C(Nc1cccc2c1C(=O)c1c(-c3ccc(CNCc4ccccn4)cc3)n[nH]c1-2)NN1CCOCC1. The van der Waals surface area contributed by atoms with E-state index in [1.807, 2.05) is 54.6 Å². The number of rotatable bonds is 7. The zero-order valence-corrected chi connectivity index (χ0v) is 20.7. The number of nitrogens with zero attached hydrogens (tertiary/aromatic N) is 3. The predicted octanol–water partition coefficient (Wildman–Crippen LogP) is 3.34. The molecule has 192 valence electrons. The lowest BCUT2D eigenvalue weighted by molar-refractivity contribution is 0.0207. The van der Waals surface area contributed by atoms with Crippen LogP contribution in [0.15, 0.2) is 66.9 Å². The zero-order valence-electron chi connectivity index (χ0n) is 20.7. The summed E-state index contributed by atoms with van der Waals surface area (Å²) in [6, 6.07) is 18.9. The molecule has 0 spiro atoms. The molecule has 6 rings (SSSR count). The van der Waals surface area contributed by atoms with E-state index in [-0.39, 0.29) is 5.78 Å². The van der Waals surface area contributed by atoms with Crippen LogP contribution in [0.1, 0.15) is 27.2 Å². The van der Waals surface area contributed by atoms with Gasteiger partial charge in [0.1, 0.15) is 5.69 Å². The molecule has 4 aromatic rings. The number of H-pyrrole nitrogens is 1. The smallest absolute Gasteiger partial charge is 0.333 e. The lowest BCUT2D eigenvalue weighted by Gasteiger charge is -2.27. The van der Waals surface area contributed by atoms with Crippen molar-refractivity contribution in [2.75, 3.05) is 31.6 Å². The largest absolute Gasteiger partial charge is 0.379 e.